The van der Waals surface area contributed by atoms with E-state index in [0.29, 0.717) is 18.4 Å². The predicted molar refractivity (Wildman–Crippen MR) is 219 cm³/mol. The van der Waals surface area contributed by atoms with Gasteiger partial charge in [0.1, 0.15) is 5.56 Å². The standard InChI is InChI=1S/C32H44Cl14O2/c1-14(2)16(5)11-18(47-12-17-9-7-6-8-10-17)13-48-32(46)31(45)30(44)29(43)28(42)27(41)26(40)25(39)24(38)23(37)22(36)21(35)20(34)19(33)15(3)4/h6-10,14-16,18-32H,11-13H2,1-5H3. The first-order valence-corrected chi connectivity index (χ1v) is 21.6. The quantitative estimate of drug-likeness (QED) is 0.102. The zero-order valence-corrected chi connectivity index (χ0v) is 37.6. The average molecular weight is 957 g/mol. The summed E-state index contributed by atoms with van der Waals surface area (Å²) >= 11 is 92.3. The first-order valence-electron chi connectivity index (χ1n) is 15.5. The lowest BCUT2D eigenvalue weighted by molar-refractivity contribution is -0.0451. The van der Waals surface area contributed by atoms with Crippen molar-refractivity contribution >= 4 is 162 Å². The van der Waals surface area contributed by atoms with Gasteiger partial charge in [0, 0.05) is 0 Å². The third kappa shape index (κ3) is 15.7. The Kier molecular flexibility index (Phi) is 25.3. The molecule has 48 heavy (non-hydrogen) atoms. The minimum atomic E-state index is -1.04. The van der Waals surface area contributed by atoms with Gasteiger partial charge in [-0.3, -0.25) is 0 Å². The van der Waals surface area contributed by atoms with Gasteiger partial charge in [0.05, 0.1) is 89.2 Å². The molecular formula is C32H44Cl14O2. The third-order valence-corrected chi connectivity index (χ3v) is 17.4. The Labute approximate surface area is 357 Å². The van der Waals surface area contributed by atoms with Gasteiger partial charge < -0.3 is 9.47 Å². The monoisotopic (exact) mass is 950 g/mol. The molecule has 0 saturated carbocycles. The molecule has 0 heterocycles. The maximum atomic E-state index is 6.67. The molecule has 0 aliphatic heterocycles. The zero-order valence-electron chi connectivity index (χ0n) is 27.0. The highest BCUT2D eigenvalue weighted by Crippen LogP contribution is 2.39. The second-order valence-electron chi connectivity index (χ2n) is 12.6. The molecule has 1 aromatic carbocycles. The van der Waals surface area contributed by atoms with Crippen LogP contribution in [0.3, 0.4) is 0 Å². The Morgan fingerprint density at radius 3 is 1.15 bits per heavy atom. The van der Waals surface area contributed by atoms with E-state index in [1.54, 1.807) is 0 Å². The smallest absolute Gasteiger partial charge is 0.149 e. The number of halogens is 14. The summed E-state index contributed by atoms with van der Waals surface area (Å²) in [6.45, 7) is 10.9. The number of alkyl halides is 14. The highest BCUT2D eigenvalue weighted by atomic mass is 35.5. The lowest BCUT2D eigenvalue weighted by Crippen LogP contribution is -2.49. The molecule has 16 unspecified atom stereocenters. The Hall–Kier alpha value is 3.20. The van der Waals surface area contributed by atoms with E-state index in [0.717, 1.165) is 12.0 Å². The van der Waals surface area contributed by atoms with Gasteiger partial charge in [-0.25, -0.2) is 0 Å². The van der Waals surface area contributed by atoms with Crippen LogP contribution in [0.25, 0.3) is 0 Å². The molecule has 282 valence electrons. The maximum absolute atomic E-state index is 6.67. The van der Waals surface area contributed by atoms with Crippen LogP contribution in [0.1, 0.15) is 46.6 Å². The van der Waals surface area contributed by atoms with Crippen LogP contribution < -0.4 is 0 Å². The number of ether oxygens (including phenoxy) is 2. The molecule has 0 aromatic heterocycles. The molecule has 0 fully saturated rings. The fourth-order valence-corrected chi connectivity index (χ4v) is 9.46. The van der Waals surface area contributed by atoms with E-state index in [-0.39, 0.29) is 18.6 Å². The minimum Gasteiger partial charge on any atom is -0.371 e. The normalized spacial score (nSPS) is 22.8. The number of benzene rings is 1. The van der Waals surface area contributed by atoms with Crippen LogP contribution >= 0.6 is 162 Å². The summed E-state index contributed by atoms with van der Waals surface area (Å²) in [5, 5.41) is -11.9. The van der Waals surface area contributed by atoms with E-state index in [9.17, 15) is 0 Å². The average Bonchev–Trinajstić information content (AvgIpc) is 3.08. The first kappa shape index (κ1) is 49.2. The van der Waals surface area contributed by atoms with Crippen molar-refractivity contribution in [3.8, 4) is 0 Å². The van der Waals surface area contributed by atoms with Gasteiger partial charge >= 0.3 is 0 Å². The Morgan fingerprint density at radius 2 is 0.792 bits per heavy atom. The van der Waals surface area contributed by atoms with Crippen LogP contribution in [0.15, 0.2) is 30.3 Å². The fourth-order valence-electron chi connectivity index (χ4n) is 4.39. The van der Waals surface area contributed by atoms with Crippen molar-refractivity contribution in [2.75, 3.05) is 6.61 Å². The number of rotatable bonds is 23. The summed E-state index contributed by atoms with van der Waals surface area (Å²) in [7, 11) is 0. The summed E-state index contributed by atoms with van der Waals surface area (Å²) in [6, 6.07) is 9.87. The van der Waals surface area contributed by atoms with E-state index in [1.807, 2.05) is 44.2 Å². The molecule has 0 amide bonds. The van der Waals surface area contributed by atoms with Crippen molar-refractivity contribution in [1.82, 2.24) is 0 Å². The van der Waals surface area contributed by atoms with Gasteiger partial charge in [0.25, 0.3) is 0 Å². The lowest BCUT2D eigenvalue weighted by Gasteiger charge is -2.35. The molecule has 2 nitrogen and oxygen atoms in total. The Morgan fingerprint density at radius 1 is 0.438 bits per heavy atom. The summed E-state index contributed by atoms with van der Waals surface area (Å²) in [5.74, 6) is 0.877. The summed E-state index contributed by atoms with van der Waals surface area (Å²) < 4.78 is 12.1. The zero-order chi connectivity index (χ0) is 37.0. The van der Waals surface area contributed by atoms with Crippen molar-refractivity contribution < 1.29 is 9.47 Å². The molecule has 0 bridgehead atoms. The van der Waals surface area contributed by atoms with Crippen LogP contribution in [0, 0.1) is 17.8 Å². The molecule has 1 rings (SSSR count). The lowest BCUT2D eigenvalue weighted by atomic mass is 9.92. The molecule has 16 atom stereocenters. The van der Waals surface area contributed by atoms with Crippen molar-refractivity contribution in [3.05, 3.63) is 35.9 Å². The van der Waals surface area contributed by atoms with E-state index in [2.05, 4.69) is 20.8 Å². The maximum Gasteiger partial charge on any atom is 0.149 e. The Balaban J connectivity index is 2.83. The highest BCUT2D eigenvalue weighted by Gasteiger charge is 2.45. The molecule has 16 heteroatoms. The number of hydrogen-bond donors (Lipinski definition) is 0. The summed E-state index contributed by atoms with van der Waals surface area (Å²) in [4.78, 5) is 0. The summed E-state index contributed by atoms with van der Waals surface area (Å²) in [6.07, 6.45) is 0.521. The van der Waals surface area contributed by atoms with Crippen LogP contribution in [0.5, 0.6) is 0 Å². The van der Waals surface area contributed by atoms with Gasteiger partial charge in [0.15, 0.2) is 0 Å². The molecule has 0 spiro atoms. The molecule has 0 radical (unpaired) electrons. The second kappa shape index (κ2) is 24.7. The highest BCUT2D eigenvalue weighted by molar-refractivity contribution is 6.45. The van der Waals surface area contributed by atoms with E-state index >= 15 is 0 Å². The fraction of sp³-hybridized carbons (Fsp3) is 0.812. The minimum absolute atomic E-state index is 0.0439. The van der Waals surface area contributed by atoms with Crippen molar-refractivity contribution in [2.24, 2.45) is 17.8 Å². The SMILES string of the molecule is CC(C)C(C)CC(COC(Cl)C(Cl)C(Cl)C(Cl)C(Cl)C(Cl)C(Cl)C(Cl)C(Cl)C(Cl)C(Cl)C(Cl)C(Cl)C(Cl)C(C)C)OCc1ccccc1. The molecule has 0 aliphatic rings. The van der Waals surface area contributed by atoms with E-state index < -0.39 is 75.5 Å². The predicted octanol–water partition coefficient (Wildman–Crippen LogP) is 13.4. The van der Waals surface area contributed by atoms with Crippen LogP contribution in [0.4, 0.5) is 0 Å². The molecule has 0 aliphatic carbocycles. The van der Waals surface area contributed by atoms with Gasteiger partial charge in [-0.15, -0.1) is 151 Å². The first-order chi connectivity index (χ1) is 22.2. The van der Waals surface area contributed by atoms with Crippen molar-refractivity contribution in [1.29, 1.82) is 0 Å². The molecule has 1 aromatic rings. The van der Waals surface area contributed by atoms with Gasteiger partial charge in [-0.2, -0.15) is 0 Å². The van der Waals surface area contributed by atoms with Crippen LogP contribution in [0.2, 0.25) is 0 Å². The van der Waals surface area contributed by atoms with Gasteiger partial charge in [0.2, 0.25) is 0 Å². The topological polar surface area (TPSA) is 18.5 Å². The van der Waals surface area contributed by atoms with Gasteiger partial charge in [-0.1, -0.05) is 76.6 Å². The molecule has 0 saturated heterocycles. The van der Waals surface area contributed by atoms with Crippen molar-refractivity contribution in [3.63, 3.8) is 0 Å². The van der Waals surface area contributed by atoms with Crippen molar-refractivity contribution in [2.45, 2.75) is 129 Å². The molecular weight excluding hydrogens is 913 g/mol. The van der Waals surface area contributed by atoms with Crippen LogP contribution in [-0.4, -0.2) is 88.2 Å². The summed E-state index contributed by atoms with van der Waals surface area (Å²) in [5.41, 5.74) is 0.0201. The number of hydrogen-bond acceptors (Lipinski definition) is 2. The van der Waals surface area contributed by atoms with Crippen LogP contribution in [-0.2, 0) is 16.1 Å². The third-order valence-electron chi connectivity index (χ3n) is 8.08. The van der Waals surface area contributed by atoms with E-state index in [1.165, 1.54) is 0 Å². The Bertz CT molecular complexity index is 997. The van der Waals surface area contributed by atoms with Gasteiger partial charge in [-0.05, 0) is 29.7 Å². The molecule has 0 N–H and O–H groups in total. The largest absolute Gasteiger partial charge is 0.371 e. The second-order valence-corrected chi connectivity index (χ2v) is 19.6. The van der Waals surface area contributed by atoms with E-state index in [4.69, 9.17) is 172 Å².